The van der Waals surface area contributed by atoms with Crippen LogP contribution in [0.1, 0.15) is 18.9 Å². The van der Waals surface area contributed by atoms with Crippen molar-refractivity contribution < 1.29 is 9.84 Å². The lowest BCUT2D eigenvalue weighted by atomic mass is 10.1. The zero-order valence-electron chi connectivity index (χ0n) is 17.2. The number of rotatable bonds is 5. The van der Waals surface area contributed by atoms with E-state index in [9.17, 15) is 5.11 Å². The highest BCUT2D eigenvalue weighted by molar-refractivity contribution is 6.42. The maximum atomic E-state index is 9.51. The van der Waals surface area contributed by atoms with E-state index in [1.807, 2.05) is 4.68 Å². The average Bonchev–Trinajstić information content (AvgIpc) is 3.16. The van der Waals surface area contributed by atoms with Gasteiger partial charge in [0, 0.05) is 30.1 Å². The fourth-order valence-electron chi connectivity index (χ4n) is 3.71. The lowest BCUT2D eigenvalue weighted by molar-refractivity contribution is 0.0674. The molecule has 0 atom stereocenters. The third kappa shape index (κ3) is 4.65. The molecule has 3 heterocycles. The molecule has 4 aromatic rings. The van der Waals surface area contributed by atoms with Crippen LogP contribution in [0.2, 0.25) is 15.1 Å². The number of fused-ring (bicyclic) bond motifs is 1. The highest BCUT2D eigenvalue weighted by atomic mass is 35.5. The number of ether oxygens (including phenoxy) is 1. The maximum absolute atomic E-state index is 9.51. The van der Waals surface area contributed by atoms with Crippen molar-refractivity contribution in [3.63, 3.8) is 0 Å². The van der Waals surface area contributed by atoms with Gasteiger partial charge < -0.3 is 20.5 Å². The first-order valence-corrected chi connectivity index (χ1v) is 11.4. The van der Waals surface area contributed by atoms with Crippen LogP contribution in [0.5, 0.6) is 5.75 Å². The van der Waals surface area contributed by atoms with Crippen molar-refractivity contribution in [2.45, 2.75) is 18.9 Å². The molecule has 1 aliphatic heterocycles. The fourth-order valence-corrected chi connectivity index (χ4v) is 4.63. The monoisotopic (exact) mass is 504 g/mol. The molecule has 170 valence electrons. The SMILES string of the molecule is Oc1ccc(Nc2ncc3c(Nc4c(Cl)cc(Cl)cc4Cl)nn(C4CCOCC4)c3n2)cc1. The van der Waals surface area contributed by atoms with Crippen molar-refractivity contribution in [1.82, 2.24) is 19.7 Å². The van der Waals surface area contributed by atoms with Gasteiger partial charge in [-0.3, -0.25) is 0 Å². The first-order chi connectivity index (χ1) is 16.0. The average molecular weight is 506 g/mol. The lowest BCUT2D eigenvalue weighted by Crippen LogP contribution is -2.21. The summed E-state index contributed by atoms with van der Waals surface area (Å²) >= 11 is 18.8. The first kappa shape index (κ1) is 22.0. The first-order valence-electron chi connectivity index (χ1n) is 10.3. The normalized spacial score (nSPS) is 14.5. The highest BCUT2D eigenvalue weighted by Crippen LogP contribution is 2.38. The van der Waals surface area contributed by atoms with E-state index in [0.29, 0.717) is 51.4 Å². The van der Waals surface area contributed by atoms with E-state index >= 15 is 0 Å². The Morgan fingerprint density at radius 2 is 1.70 bits per heavy atom. The van der Waals surface area contributed by atoms with Gasteiger partial charge in [0.15, 0.2) is 11.5 Å². The summed E-state index contributed by atoms with van der Waals surface area (Å²) in [5.41, 5.74) is 1.93. The molecule has 33 heavy (non-hydrogen) atoms. The number of aromatic hydroxyl groups is 1. The van der Waals surface area contributed by atoms with Crippen LogP contribution in [0.15, 0.2) is 42.6 Å². The second-order valence-electron chi connectivity index (χ2n) is 7.61. The predicted molar refractivity (Wildman–Crippen MR) is 131 cm³/mol. The van der Waals surface area contributed by atoms with E-state index in [-0.39, 0.29) is 11.8 Å². The van der Waals surface area contributed by atoms with Crippen molar-refractivity contribution in [3.05, 3.63) is 57.7 Å². The van der Waals surface area contributed by atoms with Gasteiger partial charge in [0.1, 0.15) is 5.75 Å². The van der Waals surface area contributed by atoms with Crippen molar-refractivity contribution in [3.8, 4) is 5.75 Å². The molecule has 8 nitrogen and oxygen atoms in total. The Hall–Kier alpha value is -2.78. The van der Waals surface area contributed by atoms with Crippen LogP contribution in [-0.2, 0) is 4.74 Å². The summed E-state index contributed by atoms with van der Waals surface area (Å²) in [6.07, 6.45) is 3.35. The molecule has 1 aliphatic rings. The number of hydrogen-bond acceptors (Lipinski definition) is 7. The molecule has 0 amide bonds. The van der Waals surface area contributed by atoms with Crippen LogP contribution in [0.25, 0.3) is 11.0 Å². The van der Waals surface area contributed by atoms with Gasteiger partial charge in [0.25, 0.3) is 0 Å². The molecular formula is C22H19Cl3N6O2. The van der Waals surface area contributed by atoms with E-state index in [1.54, 1.807) is 42.6 Å². The minimum absolute atomic E-state index is 0.129. The van der Waals surface area contributed by atoms with Crippen LogP contribution in [0.3, 0.4) is 0 Å². The molecule has 0 unspecified atom stereocenters. The number of hydrogen-bond donors (Lipinski definition) is 3. The topological polar surface area (TPSA) is 97.1 Å². The van der Waals surface area contributed by atoms with E-state index in [0.717, 1.165) is 23.9 Å². The number of phenolic OH excluding ortho intramolecular Hbond substituents is 1. The minimum Gasteiger partial charge on any atom is -0.508 e. The number of nitrogens with zero attached hydrogens (tertiary/aromatic N) is 4. The number of phenols is 1. The molecule has 0 spiro atoms. The summed E-state index contributed by atoms with van der Waals surface area (Å²) in [6, 6.07) is 10.0. The molecule has 5 rings (SSSR count). The summed E-state index contributed by atoms with van der Waals surface area (Å²) < 4.78 is 7.43. The maximum Gasteiger partial charge on any atom is 0.229 e. The Morgan fingerprint density at radius 1 is 1.00 bits per heavy atom. The van der Waals surface area contributed by atoms with Crippen LogP contribution in [0.4, 0.5) is 23.1 Å². The Morgan fingerprint density at radius 3 is 2.39 bits per heavy atom. The number of anilines is 4. The fraction of sp³-hybridized carbons (Fsp3) is 0.227. The van der Waals surface area contributed by atoms with Crippen molar-refractivity contribution >= 4 is 69.0 Å². The van der Waals surface area contributed by atoms with Gasteiger partial charge in [-0.25, -0.2) is 9.67 Å². The van der Waals surface area contributed by atoms with Crippen LogP contribution in [0, 0.1) is 0 Å². The van der Waals surface area contributed by atoms with Crippen LogP contribution < -0.4 is 10.6 Å². The second kappa shape index (κ2) is 9.23. The van der Waals surface area contributed by atoms with Gasteiger partial charge in [0.05, 0.1) is 27.2 Å². The van der Waals surface area contributed by atoms with E-state index < -0.39 is 0 Å². The van der Waals surface area contributed by atoms with Gasteiger partial charge in [-0.15, -0.1) is 0 Å². The van der Waals surface area contributed by atoms with E-state index in [4.69, 9.17) is 49.6 Å². The third-order valence-electron chi connectivity index (χ3n) is 5.36. The largest absolute Gasteiger partial charge is 0.508 e. The molecule has 11 heteroatoms. The zero-order chi connectivity index (χ0) is 22.9. The molecule has 0 aliphatic carbocycles. The molecule has 0 bridgehead atoms. The van der Waals surface area contributed by atoms with E-state index in [2.05, 4.69) is 15.6 Å². The highest BCUT2D eigenvalue weighted by Gasteiger charge is 2.23. The quantitative estimate of drug-likeness (QED) is 0.273. The van der Waals surface area contributed by atoms with Crippen LogP contribution in [-0.4, -0.2) is 38.1 Å². The Bertz CT molecular complexity index is 1280. The Balaban J connectivity index is 1.56. The lowest BCUT2D eigenvalue weighted by Gasteiger charge is -2.22. The second-order valence-corrected chi connectivity index (χ2v) is 8.86. The summed E-state index contributed by atoms with van der Waals surface area (Å²) in [5, 5.41) is 22.6. The molecule has 2 aromatic heterocycles. The van der Waals surface area contributed by atoms with Gasteiger partial charge in [0.2, 0.25) is 5.95 Å². The van der Waals surface area contributed by atoms with Gasteiger partial charge in [-0.1, -0.05) is 34.8 Å². The molecule has 2 aromatic carbocycles. The van der Waals surface area contributed by atoms with Crippen LogP contribution >= 0.6 is 34.8 Å². The zero-order valence-corrected chi connectivity index (χ0v) is 19.5. The molecule has 0 radical (unpaired) electrons. The van der Waals surface area contributed by atoms with Gasteiger partial charge in [-0.05, 0) is 49.2 Å². The predicted octanol–water partition coefficient (Wildman–Crippen LogP) is 6.33. The summed E-state index contributed by atoms with van der Waals surface area (Å²) in [4.78, 5) is 9.19. The van der Waals surface area contributed by atoms with Crippen molar-refractivity contribution in [1.29, 1.82) is 0 Å². The number of nitrogens with one attached hydrogen (secondary N) is 2. The molecule has 3 N–H and O–H groups in total. The van der Waals surface area contributed by atoms with E-state index in [1.165, 1.54) is 0 Å². The summed E-state index contributed by atoms with van der Waals surface area (Å²) in [7, 11) is 0. The van der Waals surface area contributed by atoms with Crippen molar-refractivity contribution in [2.75, 3.05) is 23.8 Å². The van der Waals surface area contributed by atoms with Gasteiger partial charge >= 0.3 is 0 Å². The Labute approximate surface area is 204 Å². The molecule has 1 saturated heterocycles. The number of aromatic nitrogens is 4. The van der Waals surface area contributed by atoms with Crippen molar-refractivity contribution in [2.24, 2.45) is 0 Å². The molecule has 0 saturated carbocycles. The molecule has 1 fully saturated rings. The summed E-state index contributed by atoms with van der Waals surface area (Å²) in [5.74, 6) is 1.14. The number of halogens is 3. The van der Waals surface area contributed by atoms with Gasteiger partial charge in [-0.2, -0.15) is 10.1 Å². The Kier molecular flexibility index (Phi) is 6.16. The standard InChI is InChI=1S/C22H19Cl3N6O2/c23-12-9-17(24)19(18(25)10-12)28-20-16-11-26-22(27-13-1-3-15(32)4-2-13)29-21(16)31(30-20)14-5-7-33-8-6-14/h1-4,9-11,14,32H,5-8H2,(H,28,30)(H,26,27,29). The summed E-state index contributed by atoms with van der Waals surface area (Å²) in [6.45, 7) is 1.32. The smallest absolute Gasteiger partial charge is 0.229 e. The minimum atomic E-state index is 0.129. The molecular weight excluding hydrogens is 487 g/mol. The third-order valence-corrected chi connectivity index (χ3v) is 6.17. The number of benzene rings is 2.